The van der Waals surface area contributed by atoms with E-state index in [1.165, 1.54) is 24.8 Å². The number of nitriles is 1. The zero-order valence-electron chi connectivity index (χ0n) is 11.3. The number of para-hydroxylation sites is 2. The molecule has 1 saturated carbocycles. The van der Waals surface area contributed by atoms with Crippen molar-refractivity contribution in [2.45, 2.75) is 45.1 Å². The van der Waals surface area contributed by atoms with Gasteiger partial charge in [0.25, 0.3) is 0 Å². The molecule has 2 atom stereocenters. The van der Waals surface area contributed by atoms with Gasteiger partial charge in [0, 0.05) is 0 Å². The number of benzene rings is 1. The second-order valence-electron chi connectivity index (χ2n) is 5.46. The van der Waals surface area contributed by atoms with Crippen LogP contribution in [0.1, 0.15) is 44.0 Å². The van der Waals surface area contributed by atoms with Crippen LogP contribution in [0.4, 0.5) is 0 Å². The quantitative estimate of drug-likeness (QED) is 0.721. The van der Waals surface area contributed by atoms with Crippen LogP contribution in [-0.2, 0) is 0 Å². The van der Waals surface area contributed by atoms with Crippen molar-refractivity contribution in [3.63, 3.8) is 0 Å². The summed E-state index contributed by atoms with van der Waals surface area (Å²) >= 11 is 0. The van der Waals surface area contributed by atoms with E-state index >= 15 is 0 Å². The highest BCUT2D eigenvalue weighted by molar-refractivity contribution is 5.76. The summed E-state index contributed by atoms with van der Waals surface area (Å²) < 4.78 is 2.30. The van der Waals surface area contributed by atoms with E-state index in [9.17, 15) is 5.26 Å². The first kappa shape index (κ1) is 12.2. The first-order valence-corrected chi connectivity index (χ1v) is 7.14. The van der Waals surface area contributed by atoms with E-state index in [-0.39, 0.29) is 5.92 Å². The van der Waals surface area contributed by atoms with Crippen LogP contribution in [0, 0.1) is 24.2 Å². The Kier molecular flexibility index (Phi) is 3.25. The summed E-state index contributed by atoms with van der Waals surface area (Å²) in [7, 11) is 0. The molecule has 98 valence electrons. The van der Waals surface area contributed by atoms with Crippen LogP contribution in [0.25, 0.3) is 11.0 Å². The van der Waals surface area contributed by atoms with Crippen LogP contribution in [0.5, 0.6) is 0 Å². The molecule has 3 rings (SSSR count). The van der Waals surface area contributed by atoms with Crippen LogP contribution in [0.2, 0.25) is 0 Å². The van der Waals surface area contributed by atoms with Gasteiger partial charge in [0.15, 0.2) is 0 Å². The Morgan fingerprint density at radius 3 is 2.84 bits per heavy atom. The zero-order chi connectivity index (χ0) is 13.2. The molecule has 3 heteroatoms. The Balaban J connectivity index is 2.11. The molecular formula is C16H19N3. The molecule has 1 fully saturated rings. The summed E-state index contributed by atoms with van der Waals surface area (Å²) in [5, 5.41) is 9.46. The number of nitrogens with zero attached hydrogens (tertiary/aromatic N) is 3. The van der Waals surface area contributed by atoms with Gasteiger partial charge in [-0.3, -0.25) is 0 Å². The molecule has 0 spiro atoms. The summed E-state index contributed by atoms with van der Waals surface area (Å²) in [5.41, 5.74) is 2.22. The summed E-state index contributed by atoms with van der Waals surface area (Å²) in [4.78, 5) is 4.64. The molecule has 1 aromatic carbocycles. The minimum atomic E-state index is 0.124. The van der Waals surface area contributed by atoms with E-state index in [2.05, 4.69) is 40.7 Å². The topological polar surface area (TPSA) is 41.6 Å². The Labute approximate surface area is 113 Å². The molecule has 2 aromatic rings. The molecule has 19 heavy (non-hydrogen) atoms. The first-order chi connectivity index (χ1) is 9.31. The normalized spacial score (nSPS) is 24.0. The molecule has 1 aliphatic rings. The predicted molar refractivity (Wildman–Crippen MR) is 75.7 cm³/mol. The van der Waals surface area contributed by atoms with Gasteiger partial charge >= 0.3 is 0 Å². The van der Waals surface area contributed by atoms with Crippen LogP contribution in [-0.4, -0.2) is 9.55 Å². The smallest absolute Gasteiger partial charge is 0.107 e. The fraction of sp³-hybridized carbons (Fsp3) is 0.500. The maximum absolute atomic E-state index is 9.46. The zero-order valence-corrected chi connectivity index (χ0v) is 11.3. The standard InChI is InChI=1S/C16H19N3/c1-12-18-14-8-5-6-10-16(14)19(12)15-9-4-2-3-7-13(15)11-17/h5-6,8,10,13,15H,2-4,7,9H2,1H3. The van der Waals surface area contributed by atoms with Gasteiger partial charge in [-0.1, -0.05) is 31.4 Å². The highest BCUT2D eigenvalue weighted by atomic mass is 15.1. The number of aryl methyl sites for hydroxylation is 1. The maximum atomic E-state index is 9.46. The second kappa shape index (κ2) is 5.05. The molecule has 1 aromatic heterocycles. The fourth-order valence-corrected chi connectivity index (χ4v) is 3.33. The van der Waals surface area contributed by atoms with Gasteiger partial charge in [0.2, 0.25) is 0 Å². The molecule has 0 radical (unpaired) electrons. The maximum Gasteiger partial charge on any atom is 0.107 e. The molecule has 0 aliphatic heterocycles. The van der Waals surface area contributed by atoms with E-state index < -0.39 is 0 Å². The highest BCUT2D eigenvalue weighted by Crippen LogP contribution is 2.35. The SMILES string of the molecule is Cc1nc2ccccc2n1C1CCCCCC1C#N. The van der Waals surface area contributed by atoms with Gasteiger partial charge in [-0.2, -0.15) is 5.26 Å². The summed E-state index contributed by atoms with van der Waals surface area (Å²) in [6.45, 7) is 2.05. The molecule has 1 aliphatic carbocycles. The van der Waals surface area contributed by atoms with Gasteiger partial charge in [-0.25, -0.2) is 4.98 Å². The number of imidazole rings is 1. The van der Waals surface area contributed by atoms with E-state index in [1.54, 1.807) is 0 Å². The first-order valence-electron chi connectivity index (χ1n) is 7.14. The van der Waals surface area contributed by atoms with Gasteiger partial charge in [-0.15, -0.1) is 0 Å². The Hall–Kier alpha value is -1.82. The molecule has 0 bridgehead atoms. The highest BCUT2D eigenvalue weighted by Gasteiger charge is 2.27. The van der Waals surface area contributed by atoms with Crippen LogP contribution >= 0.6 is 0 Å². The minimum absolute atomic E-state index is 0.124. The lowest BCUT2D eigenvalue weighted by atomic mass is 9.96. The minimum Gasteiger partial charge on any atom is -0.324 e. The molecule has 1 heterocycles. The summed E-state index contributed by atoms with van der Waals surface area (Å²) in [6, 6.07) is 11.1. The summed E-state index contributed by atoms with van der Waals surface area (Å²) in [5.74, 6) is 1.16. The van der Waals surface area contributed by atoms with E-state index in [4.69, 9.17) is 0 Å². The molecule has 0 amide bonds. The third-order valence-electron chi connectivity index (χ3n) is 4.25. The third kappa shape index (κ3) is 2.12. The molecule has 3 nitrogen and oxygen atoms in total. The van der Waals surface area contributed by atoms with Crippen molar-refractivity contribution in [3.8, 4) is 6.07 Å². The third-order valence-corrected chi connectivity index (χ3v) is 4.25. The van der Waals surface area contributed by atoms with Crippen molar-refractivity contribution in [1.82, 2.24) is 9.55 Å². The van der Waals surface area contributed by atoms with Gasteiger partial charge in [0.1, 0.15) is 5.82 Å². The number of fused-ring (bicyclic) bond motifs is 1. The van der Waals surface area contributed by atoms with Gasteiger partial charge < -0.3 is 4.57 Å². The second-order valence-corrected chi connectivity index (χ2v) is 5.46. The summed E-state index contributed by atoms with van der Waals surface area (Å²) in [6.07, 6.45) is 5.77. The number of rotatable bonds is 1. The number of aromatic nitrogens is 2. The Morgan fingerprint density at radius 1 is 1.21 bits per heavy atom. The molecule has 2 unspecified atom stereocenters. The van der Waals surface area contributed by atoms with Crippen LogP contribution in [0.3, 0.4) is 0 Å². The fourth-order valence-electron chi connectivity index (χ4n) is 3.33. The number of hydrogen-bond donors (Lipinski definition) is 0. The average Bonchev–Trinajstić information content (AvgIpc) is 2.61. The van der Waals surface area contributed by atoms with Crippen molar-refractivity contribution in [1.29, 1.82) is 5.26 Å². The molecule has 0 N–H and O–H groups in total. The predicted octanol–water partition coefficient (Wildman–Crippen LogP) is 3.99. The van der Waals surface area contributed by atoms with Crippen molar-refractivity contribution in [2.75, 3.05) is 0 Å². The lowest BCUT2D eigenvalue weighted by molar-refractivity contribution is 0.375. The van der Waals surface area contributed by atoms with Gasteiger partial charge in [-0.05, 0) is 31.9 Å². The van der Waals surface area contributed by atoms with Crippen LogP contribution < -0.4 is 0 Å². The molecular weight excluding hydrogens is 234 g/mol. The van der Waals surface area contributed by atoms with E-state index in [0.717, 1.165) is 24.2 Å². The monoisotopic (exact) mass is 253 g/mol. The largest absolute Gasteiger partial charge is 0.324 e. The van der Waals surface area contributed by atoms with Crippen molar-refractivity contribution in [2.24, 2.45) is 5.92 Å². The van der Waals surface area contributed by atoms with Gasteiger partial charge in [0.05, 0.1) is 29.1 Å². The van der Waals surface area contributed by atoms with Crippen molar-refractivity contribution in [3.05, 3.63) is 30.1 Å². The Morgan fingerprint density at radius 2 is 2.00 bits per heavy atom. The molecule has 0 saturated heterocycles. The van der Waals surface area contributed by atoms with E-state index in [0.29, 0.717) is 6.04 Å². The average molecular weight is 253 g/mol. The van der Waals surface area contributed by atoms with Crippen LogP contribution in [0.15, 0.2) is 24.3 Å². The lowest BCUT2D eigenvalue weighted by Gasteiger charge is -2.23. The van der Waals surface area contributed by atoms with Crippen molar-refractivity contribution < 1.29 is 0 Å². The van der Waals surface area contributed by atoms with Crippen molar-refractivity contribution >= 4 is 11.0 Å². The van der Waals surface area contributed by atoms with E-state index in [1.807, 2.05) is 6.07 Å². The number of hydrogen-bond acceptors (Lipinski definition) is 2. The lowest BCUT2D eigenvalue weighted by Crippen LogP contribution is -2.18. The Bertz CT molecular complexity index is 620.